The SMILES string of the molecule is O=C1C(c2ccccc2)=COC2C1CCC(O)C2CN1CCOCC1. The summed E-state index contributed by atoms with van der Waals surface area (Å²) in [6.07, 6.45) is 2.32. The summed E-state index contributed by atoms with van der Waals surface area (Å²) in [5, 5.41) is 10.5. The van der Waals surface area contributed by atoms with Crippen LogP contribution in [0.1, 0.15) is 18.4 Å². The predicted octanol–water partition coefficient (Wildman–Crippen LogP) is 1.71. The van der Waals surface area contributed by atoms with Gasteiger partial charge in [-0.15, -0.1) is 0 Å². The van der Waals surface area contributed by atoms with E-state index >= 15 is 0 Å². The third-order valence-electron chi connectivity index (χ3n) is 5.69. The number of rotatable bonds is 3. The molecule has 5 heteroatoms. The molecule has 1 aromatic carbocycles. The summed E-state index contributed by atoms with van der Waals surface area (Å²) in [4.78, 5) is 15.4. The van der Waals surface area contributed by atoms with Gasteiger partial charge in [-0.2, -0.15) is 0 Å². The van der Waals surface area contributed by atoms with Crippen LogP contribution in [0.2, 0.25) is 0 Å². The van der Waals surface area contributed by atoms with E-state index in [2.05, 4.69) is 4.90 Å². The van der Waals surface area contributed by atoms with Gasteiger partial charge in [-0.1, -0.05) is 30.3 Å². The highest BCUT2D eigenvalue weighted by Gasteiger charge is 2.46. The third-order valence-corrected chi connectivity index (χ3v) is 5.69. The van der Waals surface area contributed by atoms with Gasteiger partial charge in [0.25, 0.3) is 0 Å². The quantitative estimate of drug-likeness (QED) is 0.905. The van der Waals surface area contributed by atoms with Crippen molar-refractivity contribution in [3.63, 3.8) is 0 Å². The minimum absolute atomic E-state index is 0.0330. The second-order valence-electron chi connectivity index (χ2n) is 7.19. The van der Waals surface area contributed by atoms with Crippen LogP contribution in [0.3, 0.4) is 0 Å². The lowest BCUT2D eigenvalue weighted by Gasteiger charge is -2.44. The van der Waals surface area contributed by atoms with Crippen LogP contribution in [0.5, 0.6) is 0 Å². The summed E-state index contributed by atoms with van der Waals surface area (Å²) < 4.78 is 11.4. The van der Waals surface area contributed by atoms with Crippen molar-refractivity contribution in [3.05, 3.63) is 42.2 Å². The maximum Gasteiger partial charge on any atom is 0.173 e. The predicted molar refractivity (Wildman–Crippen MR) is 93.8 cm³/mol. The Morgan fingerprint density at radius 1 is 1.12 bits per heavy atom. The molecule has 2 aliphatic heterocycles. The largest absolute Gasteiger partial charge is 0.496 e. The number of aliphatic hydroxyl groups is 1. The first-order valence-corrected chi connectivity index (χ1v) is 9.17. The average Bonchev–Trinajstić information content (AvgIpc) is 2.66. The van der Waals surface area contributed by atoms with Crippen molar-refractivity contribution in [2.45, 2.75) is 25.0 Å². The van der Waals surface area contributed by atoms with Crippen molar-refractivity contribution in [2.24, 2.45) is 11.8 Å². The van der Waals surface area contributed by atoms with Crippen molar-refractivity contribution in [3.8, 4) is 0 Å². The van der Waals surface area contributed by atoms with Crippen LogP contribution in [0.4, 0.5) is 0 Å². The molecule has 0 radical (unpaired) electrons. The van der Waals surface area contributed by atoms with Crippen molar-refractivity contribution in [1.82, 2.24) is 4.90 Å². The van der Waals surface area contributed by atoms with Gasteiger partial charge >= 0.3 is 0 Å². The van der Waals surface area contributed by atoms with Crippen molar-refractivity contribution >= 4 is 11.4 Å². The normalized spacial score (nSPS) is 33.3. The van der Waals surface area contributed by atoms with E-state index in [0.717, 1.165) is 38.4 Å². The van der Waals surface area contributed by atoms with Crippen LogP contribution in [-0.4, -0.2) is 60.8 Å². The van der Waals surface area contributed by atoms with Gasteiger partial charge in [-0.05, 0) is 18.4 Å². The molecule has 2 heterocycles. The number of hydrogen-bond donors (Lipinski definition) is 1. The molecule has 4 rings (SSSR count). The minimum atomic E-state index is -0.413. The first-order chi connectivity index (χ1) is 12.2. The number of carbonyl (C=O) groups is 1. The lowest BCUT2D eigenvalue weighted by molar-refractivity contribution is -0.134. The summed E-state index contributed by atoms with van der Waals surface area (Å²) in [6, 6.07) is 9.69. The van der Waals surface area contributed by atoms with E-state index < -0.39 is 6.10 Å². The molecular formula is C20H25NO4. The molecule has 1 aromatic rings. The molecule has 4 atom stereocenters. The van der Waals surface area contributed by atoms with Gasteiger partial charge in [0.05, 0.1) is 37.1 Å². The smallest absolute Gasteiger partial charge is 0.173 e. The van der Waals surface area contributed by atoms with E-state index in [0.29, 0.717) is 18.4 Å². The van der Waals surface area contributed by atoms with E-state index in [1.54, 1.807) is 6.26 Å². The summed E-state index contributed by atoms with van der Waals surface area (Å²) in [5.41, 5.74) is 1.56. The topological polar surface area (TPSA) is 59.0 Å². The number of ketones is 1. The van der Waals surface area contributed by atoms with Crippen LogP contribution >= 0.6 is 0 Å². The molecule has 2 fully saturated rings. The van der Waals surface area contributed by atoms with Crippen LogP contribution in [0, 0.1) is 11.8 Å². The Balaban J connectivity index is 1.54. The summed E-state index contributed by atoms with van der Waals surface area (Å²) >= 11 is 0. The Bertz CT molecular complexity index is 638. The monoisotopic (exact) mass is 343 g/mol. The van der Waals surface area contributed by atoms with Gasteiger partial charge in [-0.25, -0.2) is 0 Å². The van der Waals surface area contributed by atoms with Crippen LogP contribution < -0.4 is 0 Å². The van der Waals surface area contributed by atoms with Gasteiger partial charge in [0.2, 0.25) is 0 Å². The van der Waals surface area contributed by atoms with E-state index in [1.165, 1.54) is 0 Å². The fraction of sp³-hybridized carbons (Fsp3) is 0.550. The number of morpholine rings is 1. The molecule has 0 amide bonds. The number of ether oxygens (including phenoxy) is 2. The molecule has 0 bridgehead atoms. The molecule has 1 N–H and O–H groups in total. The molecule has 5 nitrogen and oxygen atoms in total. The van der Waals surface area contributed by atoms with Gasteiger partial charge in [0, 0.05) is 25.6 Å². The van der Waals surface area contributed by atoms with E-state index in [4.69, 9.17) is 9.47 Å². The van der Waals surface area contributed by atoms with E-state index in [1.807, 2.05) is 30.3 Å². The summed E-state index contributed by atoms with van der Waals surface area (Å²) in [6.45, 7) is 3.97. The second kappa shape index (κ2) is 7.28. The highest BCUT2D eigenvalue weighted by atomic mass is 16.5. The standard InChI is InChI=1S/C20H25NO4/c22-18-7-6-15-19(23)17(14-4-2-1-3-5-14)13-25-20(15)16(18)12-21-8-10-24-11-9-21/h1-5,13,15-16,18,20,22H,6-12H2. The molecule has 25 heavy (non-hydrogen) atoms. The van der Waals surface area contributed by atoms with E-state index in [9.17, 15) is 9.90 Å². The zero-order chi connectivity index (χ0) is 17.2. The summed E-state index contributed by atoms with van der Waals surface area (Å²) in [5.74, 6) is -0.0367. The first-order valence-electron chi connectivity index (χ1n) is 9.17. The number of Topliss-reactive ketones (excluding diaryl/α,β-unsaturated/α-hetero) is 1. The highest BCUT2D eigenvalue weighted by molar-refractivity contribution is 6.22. The molecular weight excluding hydrogens is 318 g/mol. The maximum atomic E-state index is 13.0. The van der Waals surface area contributed by atoms with Crippen LogP contribution in [-0.2, 0) is 14.3 Å². The molecule has 0 aromatic heterocycles. The Kier molecular flexibility index (Phi) is 4.88. The average molecular weight is 343 g/mol. The van der Waals surface area contributed by atoms with Gasteiger partial charge in [0.15, 0.2) is 5.78 Å². The zero-order valence-electron chi connectivity index (χ0n) is 14.3. The number of hydrogen-bond acceptors (Lipinski definition) is 5. The van der Waals surface area contributed by atoms with Crippen LogP contribution in [0.25, 0.3) is 5.57 Å². The Hall–Kier alpha value is -1.69. The molecule has 3 aliphatic rings. The van der Waals surface area contributed by atoms with Gasteiger partial charge < -0.3 is 14.6 Å². The van der Waals surface area contributed by atoms with Crippen molar-refractivity contribution < 1.29 is 19.4 Å². The zero-order valence-corrected chi connectivity index (χ0v) is 14.3. The highest BCUT2D eigenvalue weighted by Crippen LogP contribution is 2.39. The molecule has 1 saturated heterocycles. The Labute approximate surface area is 148 Å². The lowest BCUT2D eigenvalue weighted by atomic mass is 9.72. The minimum Gasteiger partial charge on any atom is -0.496 e. The van der Waals surface area contributed by atoms with Gasteiger partial charge in [0.1, 0.15) is 6.10 Å². The molecule has 4 unspecified atom stereocenters. The second-order valence-corrected chi connectivity index (χ2v) is 7.19. The number of nitrogens with zero attached hydrogens (tertiary/aromatic N) is 1. The van der Waals surface area contributed by atoms with Crippen molar-refractivity contribution in [1.29, 1.82) is 0 Å². The van der Waals surface area contributed by atoms with Crippen molar-refractivity contribution in [2.75, 3.05) is 32.8 Å². The number of aliphatic hydroxyl groups excluding tert-OH is 1. The van der Waals surface area contributed by atoms with E-state index in [-0.39, 0.29) is 23.7 Å². The number of carbonyl (C=O) groups excluding carboxylic acids is 1. The first kappa shape index (κ1) is 16.8. The lowest BCUT2D eigenvalue weighted by Crippen LogP contribution is -2.53. The number of benzene rings is 1. The Morgan fingerprint density at radius 3 is 2.64 bits per heavy atom. The summed E-state index contributed by atoms with van der Waals surface area (Å²) in [7, 11) is 0. The van der Waals surface area contributed by atoms with Gasteiger partial charge in [-0.3, -0.25) is 9.69 Å². The molecule has 0 spiro atoms. The number of allylic oxidation sites excluding steroid dienone is 1. The fourth-order valence-corrected chi connectivity index (χ4v) is 4.26. The molecule has 1 saturated carbocycles. The number of fused-ring (bicyclic) bond motifs is 1. The third kappa shape index (κ3) is 3.36. The molecule has 1 aliphatic carbocycles. The fourth-order valence-electron chi connectivity index (χ4n) is 4.26. The Morgan fingerprint density at radius 2 is 1.88 bits per heavy atom. The molecule has 134 valence electrons. The van der Waals surface area contributed by atoms with Crippen LogP contribution in [0.15, 0.2) is 36.6 Å². The maximum absolute atomic E-state index is 13.0.